The van der Waals surface area contributed by atoms with Gasteiger partial charge in [-0.1, -0.05) is 42.5 Å². The molecule has 0 fully saturated rings. The molecule has 18 heavy (non-hydrogen) atoms. The van der Waals surface area contributed by atoms with Gasteiger partial charge < -0.3 is 5.32 Å². The van der Waals surface area contributed by atoms with E-state index in [0.29, 0.717) is 6.04 Å². The quantitative estimate of drug-likeness (QED) is 0.863. The molecule has 1 N–H and O–H groups in total. The molecule has 92 valence electrons. The van der Waals surface area contributed by atoms with Crippen LogP contribution in [0.2, 0.25) is 0 Å². The summed E-state index contributed by atoms with van der Waals surface area (Å²) in [5.41, 5.74) is 2.49. The van der Waals surface area contributed by atoms with Crippen molar-refractivity contribution in [3.8, 4) is 0 Å². The van der Waals surface area contributed by atoms with Gasteiger partial charge in [0.2, 0.25) is 0 Å². The Balaban J connectivity index is 1.81. The third kappa shape index (κ3) is 3.82. The van der Waals surface area contributed by atoms with Crippen molar-refractivity contribution in [1.82, 2.24) is 10.3 Å². The largest absolute Gasteiger partial charge is 0.307 e. The molecule has 0 aliphatic heterocycles. The van der Waals surface area contributed by atoms with Crippen molar-refractivity contribution in [3.05, 3.63) is 72.1 Å². The Morgan fingerprint density at radius 2 is 1.83 bits per heavy atom. The summed E-state index contributed by atoms with van der Waals surface area (Å²) in [6.45, 7) is 3.02. The molecule has 0 amide bonds. The Kier molecular flexibility index (Phi) is 4.68. The lowest BCUT2D eigenvalue weighted by Crippen LogP contribution is -2.18. The summed E-state index contributed by atoms with van der Waals surface area (Å²) in [5.74, 6) is 0. The zero-order chi connectivity index (χ0) is 12.6. The van der Waals surface area contributed by atoms with Gasteiger partial charge >= 0.3 is 0 Å². The molecule has 2 heteroatoms. The van der Waals surface area contributed by atoms with Gasteiger partial charge in [0.25, 0.3) is 0 Å². The van der Waals surface area contributed by atoms with E-state index >= 15 is 0 Å². The molecule has 2 rings (SSSR count). The van der Waals surface area contributed by atoms with E-state index in [1.165, 1.54) is 11.1 Å². The van der Waals surface area contributed by atoms with Crippen LogP contribution >= 0.6 is 0 Å². The van der Waals surface area contributed by atoms with Crippen LogP contribution < -0.4 is 5.32 Å². The molecule has 2 nitrogen and oxygen atoms in total. The van der Waals surface area contributed by atoms with E-state index < -0.39 is 0 Å². The minimum atomic E-state index is 0.341. The molecule has 0 saturated heterocycles. The molecule has 0 aliphatic carbocycles. The first-order valence-electron chi connectivity index (χ1n) is 6.21. The molecule has 0 radical (unpaired) electrons. The van der Waals surface area contributed by atoms with Crippen molar-refractivity contribution in [2.45, 2.75) is 13.0 Å². The fourth-order valence-electron chi connectivity index (χ4n) is 1.77. The molecular formula is C16H18N2. The van der Waals surface area contributed by atoms with Crippen LogP contribution in [0.15, 0.2) is 60.9 Å². The molecule has 1 aromatic heterocycles. The number of nitrogens with one attached hydrogen (secondary N) is 1. The lowest BCUT2D eigenvalue weighted by Gasteiger charge is -2.11. The summed E-state index contributed by atoms with van der Waals surface area (Å²) in [7, 11) is 0. The predicted octanol–water partition coefficient (Wildman–Crippen LogP) is 3.45. The standard InChI is InChI=1S/C16H18N2/c1-14(16-9-12-17-13-10-16)18-11-5-8-15-6-3-2-4-7-15/h2-10,12-14,18H,11H2,1H3/b8-5+/t14-/m0/s1. The molecule has 2 aromatic rings. The van der Waals surface area contributed by atoms with Gasteiger partial charge in [0.1, 0.15) is 0 Å². The Morgan fingerprint density at radius 3 is 2.56 bits per heavy atom. The van der Waals surface area contributed by atoms with Crippen molar-refractivity contribution < 1.29 is 0 Å². The first-order chi connectivity index (χ1) is 8.86. The number of hydrogen-bond acceptors (Lipinski definition) is 2. The molecule has 0 bridgehead atoms. The monoisotopic (exact) mass is 238 g/mol. The molecule has 0 saturated carbocycles. The van der Waals surface area contributed by atoms with Gasteiger partial charge in [0.15, 0.2) is 0 Å². The second kappa shape index (κ2) is 6.72. The summed E-state index contributed by atoms with van der Waals surface area (Å²) in [4.78, 5) is 4.02. The molecule has 1 heterocycles. The Labute approximate surface area is 108 Å². The van der Waals surface area contributed by atoms with Gasteiger partial charge in [0, 0.05) is 25.0 Å². The van der Waals surface area contributed by atoms with Crippen LogP contribution in [-0.2, 0) is 0 Å². The zero-order valence-corrected chi connectivity index (χ0v) is 10.6. The Bertz CT molecular complexity index is 477. The maximum Gasteiger partial charge on any atom is 0.0295 e. The summed E-state index contributed by atoms with van der Waals surface area (Å²) in [5, 5.41) is 3.45. The predicted molar refractivity (Wildman–Crippen MR) is 76.1 cm³/mol. The Hall–Kier alpha value is -1.93. The van der Waals surface area contributed by atoms with Crippen LogP contribution in [0.4, 0.5) is 0 Å². The lowest BCUT2D eigenvalue weighted by atomic mass is 10.1. The fraction of sp³-hybridized carbons (Fsp3) is 0.188. The van der Waals surface area contributed by atoms with Crippen molar-refractivity contribution >= 4 is 6.08 Å². The van der Waals surface area contributed by atoms with Crippen LogP contribution in [-0.4, -0.2) is 11.5 Å². The SMILES string of the molecule is C[C@H](NC/C=C/c1ccccc1)c1ccncc1. The van der Waals surface area contributed by atoms with Crippen LogP contribution in [0.25, 0.3) is 6.08 Å². The van der Waals surface area contributed by atoms with Crippen molar-refractivity contribution in [2.24, 2.45) is 0 Å². The highest BCUT2D eigenvalue weighted by atomic mass is 14.9. The summed E-state index contributed by atoms with van der Waals surface area (Å²) in [6, 6.07) is 14.7. The molecule has 1 aromatic carbocycles. The molecule has 0 unspecified atom stereocenters. The maximum absolute atomic E-state index is 4.02. The average molecular weight is 238 g/mol. The minimum Gasteiger partial charge on any atom is -0.307 e. The normalized spacial score (nSPS) is 12.7. The van der Waals surface area contributed by atoms with Crippen molar-refractivity contribution in [1.29, 1.82) is 0 Å². The van der Waals surface area contributed by atoms with Gasteiger partial charge in [-0.15, -0.1) is 0 Å². The first kappa shape index (κ1) is 12.5. The van der Waals surface area contributed by atoms with E-state index in [2.05, 4.69) is 41.5 Å². The summed E-state index contributed by atoms with van der Waals surface area (Å²) >= 11 is 0. The van der Waals surface area contributed by atoms with Crippen LogP contribution in [0.1, 0.15) is 24.1 Å². The van der Waals surface area contributed by atoms with Gasteiger partial charge in [-0.3, -0.25) is 4.98 Å². The summed E-state index contributed by atoms with van der Waals surface area (Å²) < 4.78 is 0. The van der Waals surface area contributed by atoms with Crippen LogP contribution in [0.3, 0.4) is 0 Å². The topological polar surface area (TPSA) is 24.9 Å². The van der Waals surface area contributed by atoms with Crippen LogP contribution in [0.5, 0.6) is 0 Å². The second-order valence-electron chi connectivity index (χ2n) is 4.22. The van der Waals surface area contributed by atoms with E-state index in [0.717, 1.165) is 6.54 Å². The van der Waals surface area contributed by atoms with Crippen molar-refractivity contribution in [3.63, 3.8) is 0 Å². The number of pyridine rings is 1. The van der Waals surface area contributed by atoms with Gasteiger partial charge in [-0.25, -0.2) is 0 Å². The maximum atomic E-state index is 4.02. The third-order valence-corrected chi connectivity index (χ3v) is 2.86. The van der Waals surface area contributed by atoms with E-state index in [9.17, 15) is 0 Å². The lowest BCUT2D eigenvalue weighted by molar-refractivity contribution is 0.617. The van der Waals surface area contributed by atoms with Gasteiger partial charge in [-0.05, 0) is 30.2 Å². The number of hydrogen-bond donors (Lipinski definition) is 1. The second-order valence-corrected chi connectivity index (χ2v) is 4.22. The highest BCUT2D eigenvalue weighted by Gasteiger charge is 2.01. The smallest absolute Gasteiger partial charge is 0.0295 e. The van der Waals surface area contributed by atoms with Crippen molar-refractivity contribution in [2.75, 3.05) is 6.54 Å². The average Bonchev–Trinajstić information content (AvgIpc) is 2.45. The summed E-state index contributed by atoms with van der Waals surface area (Å²) in [6.07, 6.45) is 7.93. The highest BCUT2D eigenvalue weighted by Crippen LogP contribution is 2.09. The van der Waals surface area contributed by atoms with E-state index in [1.807, 2.05) is 42.7 Å². The Morgan fingerprint density at radius 1 is 1.11 bits per heavy atom. The first-order valence-corrected chi connectivity index (χ1v) is 6.21. The number of benzene rings is 1. The van der Waals surface area contributed by atoms with E-state index in [1.54, 1.807) is 0 Å². The number of nitrogens with zero attached hydrogens (tertiary/aromatic N) is 1. The molecule has 0 spiro atoms. The third-order valence-electron chi connectivity index (χ3n) is 2.86. The van der Waals surface area contributed by atoms with E-state index in [4.69, 9.17) is 0 Å². The van der Waals surface area contributed by atoms with Gasteiger partial charge in [0.05, 0.1) is 0 Å². The number of aromatic nitrogens is 1. The minimum absolute atomic E-state index is 0.341. The van der Waals surface area contributed by atoms with Crippen LogP contribution in [0, 0.1) is 0 Å². The number of rotatable bonds is 5. The zero-order valence-electron chi connectivity index (χ0n) is 10.6. The van der Waals surface area contributed by atoms with Gasteiger partial charge in [-0.2, -0.15) is 0 Å². The molecule has 1 atom stereocenters. The molecule has 0 aliphatic rings. The van der Waals surface area contributed by atoms with E-state index in [-0.39, 0.29) is 0 Å². The molecular weight excluding hydrogens is 220 g/mol. The fourth-order valence-corrected chi connectivity index (χ4v) is 1.77. The highest BCUT2D eigenvalue weighted by molar-refractivity contribution is 5.48.